The molecule has 0 fully saturated rings. The molecule has 6 nitrogen and oxygen atoms in total. The molecule has 1 unspecified atom stereocenters. The molecule has 1 atom stereocenters. The van der Waals surface area contributed by atoms with Crippen molar-refractivity contribution in [2.75, 3.05) is 11.5 Å². The van der Waals surface area contributed by atoms with Gasteiger partial charge in [0.2, 0.25) is 5.91 Å². The summed E-state index contributed by atoms with van der Waals surface area (Å²) in [6, 6.07) is 19.5. The van der Waals surface area contributed by atoms with Crippen LogP contribution >= 0.6 is 11.8 Å². The summed E-state index contributed by atoms with van der Waals surface area (Å²) in [5.41, 5.74) is 2.16. The predicted molar refractivity (Wildman–Crippen MR) is 114 cm³/mol. The van der Waals surface area contributed by atoms with Gasteiger partial charge in [0.1, 0.15) is 5.69 Å². The molecule has 29 heavy (non-hydrogen) atoms. The topological polar surface area (TPSA) is 75.3 Å². The lowest BCUT2D eigenvalue weighted by atomic mass is 10.2. The maximum absolute atomic E-state index is 13.3. The van der Waals surface area contributed by atoms with Crippen LogP contribution in [0.2, 0.25) is 0 Å². The zero-order chi connectivity index (χ0) is 20.6. The van der Waals surface area contributed by atoms with Crippen LogP contribution in [0.5, 0.6) is 0 Å². The zero-order valence-electron chi connectivity index (χ0n) is 16.4. The number of anilines is 1. The van der Waals surface area contributed by atoms with Gasteiger partial charge in [0, 0.05) is 5.69 Å². The molecule has 2 aromatic carbocycles. The molecule has 1 heterocycles. The van der Waals surface area contributed by atoms with Crippen LogP contribution < -0.4 is 4.90 Å². The number of aromatic amines is 1. The van der Waals surface area contributed by atoms with E-state index in [9.17, 15) is 9.59 Å². The van der Waals surface area contributed by atoms with Crippen molar-refractivity contribution in [1.29, 1.82) is 0 Å². The summed E-state index contributed by atoms with van der Waals surface area (Å²) in [7, 11) is 0. The minimum Gasteiger partial charge on any atom is -0.461 e. The Balaban J connectivity index is 1.75. The van der Waals surface area contributed by atoms with Crippen molar-refractivity contribution < 1.29 is 14.3 Å². The zero-order valence-corrected chi connectivity index (χ0v) is 17.2. The highest BCUT2D eigenvalue weighted by molar-refractivity contribution is 8.00. The quantitative estimate of drug-likeness (QED) is 0.443. The van der Waals surface area contributed by atoms with Crippen LogP contribution in [0.4, 0.5) is 5.69 Å². The number of carbonyl (C=O) groups is 2. The molecule has 0 aliphatic rings. The molecule has 3 rings (SSSR count). The van der Waals surface area contributed by atoms with Crippen LogP contribution in [0.1, 0.15) is 29.9 Å². The molecular weight excluding hydrogens is 386 g/mol. The number of thioether (sulfide) groups is 1. The number of carbonyl (C=O) groups excluding carboxylic acids is 2. The second-order valence-corrected chi connectivity index (χ2v) is 7.66. The Hall–Kier alpha value is -3.06. The molecule has 1 N–H and O–H groups in total. The fourth-order valence-corrected chi connectivity index (χ4v) is 3.63. The smallest absolute Gasteiger partial charge is 0.356 e. The van der Waals surface area contributed by atoms with E-state index in [0.29, 0.717) is 18.3 Å². The maximum Gasteiger partial charge on any atom is 0.356 e. The van der Waals surface area contributed by atoms with Gasteiger partial charge in [-0.25, -0.2) is 9.78 Å². The van der Waals surface area contributed by atoms with Crippen molar-refractivity contribution in [3.05, 3.63) is 78.1 Å². The Morgan fingerprint density at radius 1 is 1.10 bits per heavy atom. The number of hydrogen-bond acceptors (Lipinski definition) is 5. The molecule has 0 radical (unpaired) electrons. The molecule has 7 heteroatoms. The number of imidazole rings is 1. The van der Waals surface area contributed by atoms with E-state index in [4.69, 9.17) is 4.74 Å². The van der Waals surface area contributed by atoms with E-state index in [1.807, 2.05) is 67.6 Å². The minimum atomic E-state index is -0.458. The molecule has 150 valence electrons. The highest BCUT2D eigenvalue weighted by Gasteiger charge is 2.24. The van der Waals surface area contributed by atoms with E-state index in [0.717, 1.165) is 11.3 Å². The van der Waals surface area contributed by atoms with E-state index in [1.54, 1.807) is 11.8 Å². The Morgan fingerprint density at radius 2 is 1.76 bits per heavy atom. The SMILES string of the molecule is CCOC(=O)c1cnc(SC(C)C(=O)N(Cc2ccccc2)c2ccccc2)[nH]1. The number of rotatable bonds is 8. The first kappa shape index (κ1) is 20.7. The number of hydrogen-bond donors (Lipinski definition) is 1. The van der Waals surface area contributed by atoms with Gasteiger partial charge in [-0.2, -0.15) is 0 Å². The van der Waals surface area contributed by atoms with Gasteiger partial charge in [0.25, 0.3) is 0 Å². The number of ether oxygens (including phenoxy) is 1. The molecule has 3 aromatic rings. The number of aromatic nitrogens is 2. The van der Waals surface area contributed by atoms with E-state index in [2.05, 4.69) is 9.97 Å². The third-order valence-electron chi connectivity index (χ3n) is 4.20. The standard InChI is InChI=1S/C22H23N3O3S/c1-3-28-21(27)19-14-23-22(24-19)29-16(2)20(26)25(18-12-8-5-9-13-18)15-17-10-6-4-7-11-17/h4-14,16H,3,15H2,1-2H3,(H,23,24). The van der Waals surface area contributed by atoms with Gasteiger partial charge in [-0.15, -0.1) is 0 Å². The number of para-hydroxylation sites is 1. The summed E-state index contributed by atoms with van der Waals surface area (Å²) in [6.07, 6.45) is 1.43. The Morgan fingerprint density at radius 3 is 2.41 bits per heavy atom. The lowest BCUT2D eigenvalue weighted by Crippen LogP contribution is -2.36. The molecule has 0 aliphatic carbocycles. The normalized spacial score (nSPS) is 11.7. The van der Waals surface area contributed by atoms with E-state index < -0.39 is 11.2 Å². The molecule has 1 amide bonds. The lowest BCUT2D eigenvalue weighted by molar-refractivity contribution is -0.118. The summed E-state index contributed by atoms with van der Waals surface area (Å²) >= 11 is 1.28. The average Bonchev–Trinajstić information content (AvgIpc) is 3.22. The van der Waals surface area contributed by atoms with Gasteiger partial charge in [0.05, 0.1) is 24.6 Å². The van der Waals surface area contributed by atoms with Crippen LogP contribution in [-0.2, 0) is 16.1 Å². The molecule has 0 spiro atoms. The van der Waals surface area contributed by atoms with Crippen LogP contribution in [0.3, 0.4) is 0 Å². The maximum atomic E-state index is 13.3. The van der Waals surface area contributed by atoms with Crippen LogP contribution in [0.15, 0.2) is 72.0 Å². The van der Waals surface area contributed by atoms with Crippen molar-refractivity contribution in [2.45, 2.75) is 30.8 Å². The van der Waals surface area contributed by atoms with E-state index >= 15 is 0 Å². The van der Waals surface area contributed by atoms with Crippen LogP contribution in [-0.4, -0.2) is 33.7 Å². The highest BCUT2D eigenvalue weighted by Crippen LogP contribution is 2.25. The number of nitrogens with one attached hydrogen (secondary N) is 1. The van der Waals surface area contributed by atoms with Crippen molar-refractivity contribution in [1.82, 2.24) is 9.97 Å². The van der Waals surface area contributed by atoms with Crippen molar-refractivity contribution >= 4 is 29.3 Å². The van der Waals surface area contributed by atoms with Crippen LogP contribution in [0.25, 0.3) is 0 Å². The summed E-state index contributed by atoms with van der Waals surface area (Å²) < 4.78 is 4.96. The summed E-state index contributed by atoms with van der Waals surface area (Å²) in [5.74, 6) is -0.500. The van der Waals surface area contributed by atoms with Gasteiger partial charge in [-0.05, 0) is 31.5 Å². The van der Waals surface area contributed by atoms with E-state index in [-0.39, 0.29) is 11.6 Å². The fourth-order valence-electron chi connectivity index (χ4n) is 2.78. The monoisotopic (exact) mass is 409 g/mol. The third-order valence-corrected chi connectivity index (χ3v) is 5.19. The molecular formula is C22H23N3O3S. The minimum absolute atomic E-state index is 0.0425. The molecule has 0 bridgehead atoms. The molecule has 0 aliphatic heterocycles. The second kappa shape index (κ2) is 9.93. The van der Waals surface area contributed by atoms with Gasteiger partial charge < -0.3 is 14.6 Å². The van der Waals surface area contributed by atoms with Crippen molar-refractivity contribution in [2.24, 2.45) is 0 Å². The Labute approximate surface area is 174 Å². The summed E-state index contributed by atoms with van der Waals surface area (Å²) in [4.78, 5) is 33.9. The summed E-state index contributed by atoms with van der Waals surface area (Å²) in [6.45, 7) is 4.34. The molecule has 0 saturated heterocycles. The first-order chi connectivity index (χ1) is 14.1. The van der Waals surface area contributed by atoms with Gasteiger partial charge in [-0.3, -0.25) is 4.79 Å². The van der Waals surface area contributed by atoms with Gasteiger partial charge >= 0.3 is 5.97 Å². The second-order valence-electron chi connectivity index (χ2n) is 6.33. The van der Waals surface area contributed by atoms with Gasteiger partial charge in [0.15, 0.2) is 5.16 Å². The van der Waals surface area contributed by atoms with E-state index in [1.165, 1.54) is 18.0 Å². The van der Waals surface area contributed by atoms with Crippen molar-refractivity contribution in [3.8, 4) is 0 Å². The molecule has 1 aromatic heterocycles. The van der Waals surface area contributed by atoms with Crippen molar-refractivity contribution in [3.63, 3.8) is 0 Å². The van der Waals surface area contributed by atoms with Gasteiger partial charge in [-0.1, -0.05) is 60.3 Å². The lowest BCUT2D eigenvalue weighted by Gasteiger charge is -2.25. The Bertz CT molecular complexity index is 944. The fraction of sp³-hybridized carbons (Fsp3) is 0.227. The number of nitrogens with zero attached hydrogens (tertiary/aromatic N) is 2. The number of amides is 1. The van der Waals surface area contributed by atoms with Crippen LogP contribution in [0, 0.1) is 0 Å². The first-order valence-corrected chi connectivity index (χ1v) is 10.3. The predicted octanol–water partition coefficient (Wildman–Crippen LogP) is 4.30. The average molecular weight is 410 g/mol. The number of benzene rings is 2. The first-order valence-electron chi connectivity index (χ1n) is 9.37. The number of H-pyrrole nitrogens is 1. The molecule has 0 saturated carbocycles. The highest BCUT2D eigenvalue weighted by atomic mass is 32.2. The number of esters is 1. The summed E-state index contributed by atoms with van der Waals surface area (Å²) in [5, 5.41) is 0.0988. The Kier molecular flexibility index (Phi) is 7.08. The largest absolute Gasteiger partial charge is 0.461 e. The third kappa shape index (κ3) is 5.48.